The molecule has 0 aliphatic carbocycles. The molecule has 0 saturated heterocycles. The zero-order valence-corrected chi connectivity index (χ0v) is 17.0. The number of thioether (sulfide) groups is 1. The quantitative estimate of drug-likeness (QED) is 0.714. The van der Waals surface area contributed by atoms with Crippen LogP contribution < -0.4 is 14.8 Å². The molecule has 28 heavy (non-hydrogen) atoms. The molecule has 148 valence electrons. The standard InChI is InChI=1S/C21H24N2O4S/c1-4-23(12-16-5-10-19-20(11-16)27-13-26-19)21(25)14(2)28-18-8-6-17(7-9-18)22-15(3)24/h5-11,14H,4,12-13H2,1-3H3,(H,22,24). The van der Waals surface area contributed by atoms with Crippen molar-refractivity contribution < 1.29 is 19.1 Å². The number of amides is 2. The molecule has 1 heterocycles. The molecule has 1 atom stereocenters. The Kier molecular flexibility index (Phi) is 6.46. The molecule has 1 unspecified atom stereocenters. The van der Waals surface area contributed by atoms with Crippen LogP contribution in [0.5, 0.6) is 11.5 Å². The number of benzene rings is 2. The van der Waals surface area contributed by atoms with Crippen LogP contribution >= 0.6 is 11.8 Å². The summed E-state index contributed by atoms with van der Waals surface area (Å²) in [4.78, 5) is 26.8. The summed E-state index contributed by atoms with van der Waals surface area (Å²) in [6.45, 7) is 6.76. The number of carbonyl (C=O) groups is 2. The SMILES string of the molecule is CCN(Cc1ccc2c(c1)OCO2)C(=O)C(C)Sc1ccc(NC(C)=O)cc1. The lowest BCUT2D eigenvalue weighted by molar-refractivity contribution is -0.130. The summed E-state index contributed by atoms with van der Waals surface area (Å²) < 4.78 is 10.8. The van der Waals surface area contributed by atoms with Crippen LogP contribution in [-0.4, -0.2) is 35.3 Å². The zero-order chi connectivity index (χ0) is 20.1. The molecular formula is C21H24N2O4S. The van der Waals surface area contributed by atoms with E-state index in [2.05, 4.69) is 5.32 Å². The first-order chi connectivity index (χ1) is 13.5. The van der Waals surface area contributed by atoms with Gasteiger partial charge in [0.25, 0.3) is 0 Å². The average Bonchev–Trinajstić information content (AvgIpc) is 3.14. The molecule has 0 radical (unpaired) electrons. The Balaban J connectivity index is 1.61. The Hall–Kier alpha value is -2.67. The minimum absolute atomic E-state index is 0.0797. The maximum atomic E-state index is 12.9. The molecule has 6 nitrogen and oxygen atoms in total. The van der Waals surface area contributed by atoms with Crippen molar-refractivity contribution in [3.8, 4) is 11.5 Å². The van der Waals surface area contributed by atoms with Crippen LogP contribution in [0.4, 0.5) is 5.69 Å². The highest BCUT2D eigenvalue weighted by Gasteiger charge is 2.22. The van der Waals surface area contributed by atoms with E-state index in [4.69, 9.17) is 9.47 Å². The van der Waals surface area contributed by atoms with Crippen molar-refractivity contribution in [1.82, 2.24) is 4.90 Å². The van der Waals surface area contributed by atoms with Crippen molar-refractivity contribution >= 4 is 29.3 Å². The fourth-order valence-corrected chi connectivity index (χ4v) is 3.89. The second kappa shape index (κ2) is 9.01. The van der Waals surface area contributed by atoms with Crippen molar-refractivity contribution in [2.45, 2.75) is 37.5 Å². The first-order valence-electron chi connectivity index (χ1n) is 9.18. The van der Waals surface area contributed by atoms with Crippen molar-refractivity contribution in [2.75, 3.05) is 18.7 Å². The van der Waals surface area contributed by atoms with Gasteiger partial charge in [0.2, 0.25) is 18.6 Å². The summed E-state index contributed by atoms with van der Waals surface area (Å²) in [5.41, 5.74) is 1.75. The molecule has 1 aliphatic heterocycles. The lowest BCUT2D eigenvalue weighted by Crippen LogP contribution is -2.35. The number of fused-ring (bicyclic) bond motifs is 1. The van der Waals surface area contributed by atoms with Gasteiger partial charge in [-0.15, -0.1) is 11.8 Å². The van der Waals surface area contributed by atoms with Gasteiger partial charge in [-0.05, 0) is 55.8 Å². The third-order valence-corrected chi connectivity index (χ3v) is 5.44. The number of nitrogens with zero attached hydrogens (tertiary/aromatic N) is 1. The smallest absolute Gasteiger partial charge is 0.236 e. The van der Waals surface area contributed by atoms with Gasteiger partial charge in [0.1, 0.15) is 0 Å². The third kappa shape index (κ3) is 4.98. The molecule has 1 aliphatic rings. The number of ether oxygens (including phenoxy) is 2. The third-order valence-electron chi connectivity index (χ3n) is 4.34. The van der Waals surface area contributed by atoms with Crippen LogP contribution in [0.1, 0.15) is 26.3 Å². The summed E-state index contributed by atoms with van der Waals surface area (Å²) >= 11 is 1.51. The van der Waals surface area contributed by atoms with E-state index >= 15 is 0 Å². The number of carbonyl (C=O) groups excluding carboxylic acids is 2. The van der Waals surface area contributed by atoms with Gasteiger partial charge in [0.05, 0.1) is 5.25 Å². The van der Waals surface area contributed by atoms with Crippen LogP contribution in [0, 0.1) is 0 Å². The zero-order valence-electron chi connectivity index (χ0n) is 16.2. The van der Waals surface area contributed by atoms with Gasteiger partial charge in [-0.25, -0.2) is 0 Å². The van der Waals surface area contributed by atoms with Crippen molar-refractivity contribution in [3.63, 3.8) is 0 Å². The van der Waals surface area contributed by atoms with Crippen molar-refractivity contribution in [1.29, 1.82) is 0 Å². The second-order valence-electron chi connectivity index (χ2n) is 6.51. The Morgan fingerprint density at radius 1 is 1.14 bits per heavy atom. The number of anilines is 1. The molecule has 1 N–H and O–H groups in total. The number of hydrogen-bond donors (Lipinski definition) is 1. The highest BCUT2D eigenvalue weighted by molar-refractivity contribution is 8.00. The second-order valence-corrected chi connectivity index (χ2v) is 7.92. The fraction of sp³-hybridized carbons (Fsp3) is 0.333. The van der Waals surface area contributed by atoms with Gasteiger partial charge in [0.15, 0.2) is 11.5 Å². The van der Waals surface area contributed by atoms with Gasteiger partial charge in [-0.1, -0.05) is 6.07 Å². The van der Waals surface area contributed by atoms with E-state index in [1.807, 2.05) is 61.2 Å². The van der Waals surface area contributed by atoms with E-state index in [1.165, 1.54) is 18.7 Å². The van der Waals surface area contributed by atoms with Crippen LogP contribution in [0.2, 0.25) is 0 Å². The fourth-order valence-electron chi connectivity index (χ4n) is 2.94. The number of hydrogen-bond acceptors (Lipinski definition) is 5. The Morgan fingerprint density at radius 3 is 2.54 bits per heavy atom. The molecule has 0 saturated carbocycles. The average molecular weight is 401 g/mol. The summed E-state index contributed by atoms with van der Waals surface area (Å²) in [6.07, 6.45) is 0. The topological polar surface area (TPSA) is 67.9 Å². The maximum absolute atomic E-state index is 12.9. The molecule has 0 spiro atoms. The lowest BCUT2D eigenvalue weighted by Gasteiger charge is -2.24. The molecule has 0 bridgehead atoms. The molecule has 2 amide bonds. The minimum Gasteiger partial charge on any atom is -0.454 e. The summed E-state index contributed by atoms with van der Waals surface area (Å²) in [5, 5.41) is 2.52. The predicted molar refractivity (Wildman–Crippen MR) is 110 cm³/mol. The highest BCUT2D eigenvalue weighted by atomic mass is 32.2. The molecule has 7 heteroatoms. The van der Waals surface area contributed by atoms with Gasteiger partial charge < -0.3 is 19.7 Å². The first kappa shape index (κ1) is 20.1. The van der Waals surface area contributed by atoms with E-state index in [0.29, 0.717) is 13.1 Å². The van der Waals surface area contributed by atoms with Crippen molar-refractivity contribution in [3.05, 3.63) is 48.0 Å². The molecule has 2 aromatic carbocycles. The molecular weight excluding hydrogens is 376 g/mol. The molecule has 3 rings (SSSR count). The Bertz CT molecular complexity index is 854. The van der Waals surface area contributed by atoms with Crippen LogP contribution in [-0.2, 0) is 16.1 Å². The lowest BCUT2D eigenvalue weighted by atomic mass is 10.2. The van der Waals surface area contributed by atoms with Crippen LogP contribution in [0.25, 0.3) is 0 Å². The highest BCUT2D eigenvalue weighted by Crippen LogP contribution is 2.33. The van der Waals surface area contributed by atoms with Gasteiger partial charge in [-0.3, -0.25) is 9.59 Å². The maximum Gasteiger partial charge on any atom is 0.236 e. The van der Waals surface area contributed by atoms with E-state index < -0.39 is 0 Å². The largest absolute Gasteiger partial charge is 0.454 e. The molecule has 2 aromatic rings. The van der Waals surface area contributed by atoms with E-state index in [9.17, 15) is 9.59 Å². The van der Waals surface area contributed by atoms with Crippen molar-refractivity contribution in [2.24, 2.45) is 0 Å². The normalized spacial score (nSPS) is 13.1. The molecule has 0 aromatic heterocycles. The summed E-state index contributed by atoms with van der Waals surface area (Å²) in [7, 11) is 0. The van der Waals surface area contributed by atoms with Crippen LogP contribution in [0.15, 0.2) is 47.4 Å². The van der Waals surface area contributed by atoms with Gasteiger partial charge in [-0.2, -0.15) is 0 Å². The van der Waals surface area contributed by atoms with Crippen LogP contribution in [0.3, 0.4) is 0 Å². The first-order valence-corrected chi connectivity index (χ1v) is 10.1. The number of nitrogens with one attached hydrogen (secondary N) is 1. The predicted octanol–water partition coefficient (Wildman–Crippen LogP) is 3.90. The van der Waals surface area contributed by atoms with E-state index in [-0.39, 0.29) is 23.9 Å². The monoisotopic (exact) mass is 400 g/mol. The Labute approximate surface area is 169 Å². The van der Waals surface area contributed by atoms with Gasteiger partial charge in [0, 0.05) is 30.6 Å². The van der Waals surface area contributed by atoms with Gasteiger partial charge >= 0.3 is 0 Å². The minimum atomic E-state index is -0.222. The summed E-state index contributed by atoms with van der Waals surface area (Å²) in [5.74, 6) is 1.44. The number of rotatable bonds is 7. The summed E-state index contributed by atoms with van der Waals surface area (Å²) in [6, 6.07) is 13.3. The Morgan fingerprint density at radius 2 is 1.86 bits per heavy atom. The van der Waals surface area contributed by atoms with E-state index in [1.54, 1.807) is 0 Å². The molecule has 0 fully saturated rings. The van der Waals surface area contributed by atoms with E-state index in [0.717, 1.165) is 27.6 Å².